The van der Waals surface area contributed by atoms with Gasteiger partial charge in [-0.25, -0.2) is 4.99 Å². The summed E-state index contributed by atoms with van der Waals surface area (Å²) in [5.41, 5.74) is 2.04. The van der Waals surface area contributed by atoms with Crippen LogP contribution in [0.25, 0.3) is 0 Å². The number of thioether (sulfide) groups is 2. The molecule has 0 bridgehead atoms. The highest BCUT2D eigenvalue weighted by Crippen LogP contribution is 2.22. The van der Waals surface area contributed by atoms with Crippen LogP contribution in [0.2, 0.25) is 0 Å². The number of nitrogens with zero attached hydrogens (tertiary/aromatic N) is 1. The van der Waals surface area contributed by atoms with Crippen LogP contribution in [0, 0.1) is 0 Å². The van der Waals surface area contributed by atoms with Crippen LogP contribution in [-0.4, -0.2) is 17.3 Å². The third kappa shape index (κ3) is 5.43. The van der Waals surface area contributed by atoms with E-state index in [1.807, 2.05) is 30.4 Å². The van der Waals surface area contributed by atoms with Gasteiger partial charge >= 0.3 is 0 Å². The third-order valence-corrected chi connectivity index (χ3v) is 4.72. The second-order valence-electron chi connectivity index (χ2n) is 4.71. The molecule has 0 heterocycles. The molecule has 2 aromatic carbocycles. The van der Waals surface area contributed by atoms with Crippen molar-refractivity contribution in [3.63, 3.8) is 0 Å². The zero-order chi connectivity index (χ0) is 15.8. The van der Waals surface area contributed by atoms with E-state index in [1.54, 1.807) is 0 Å². The number of hydrogen-bond donors (Lipinski definition) is 1. The molecule has 0 spiro atoms. The molecule has 0 unspecified atom stereocenters. The summed E-state index contributed by atoms with van der Waals surface area (Å²) in [5, 5.41) is 3.33. The second-order valence-corrected chi connectivity index (χ2v) is 7.38. The third-order valence-electron chi connectivity index (χ3n) is 2.94. The summed E-state index contributed by atoms with van der Waals surface area (Å²) >= 11 is 3.70. The van der Waals surface area contributed by atoms with Crippen molar-refractivity contribution in [3.8, 4) is 0 Å². The maximum Gasteiger partial charge on any atom is 0.103 e. The van der Waals surface area contributed by atoms with E-state index in [-0.39, 0.29) is 0 Å². The number of benzene rings is 2. The van der Waals surface area contributed by atoms with Crippen molar-refractivity contribution in [2.45, 2.75) is 30.6 Å². The predicted molar refractivity (Wildman–Crippen MR) is 102 cm³/mol. The number of nitrogens with one attached hydrogen (secondary N) is 1. The lowest BCUT2D eigenvalue weighted by Gasteiger charge is -2.07. The Labute approximate surface area is 141 Å². The van der Waals surface area contributed by atoms with Gasteiger partial charge in [-0.05, 0) is 67.0 Å². The van der Waals surface area contributed by atoms with Crippen LogP contribution in [-0.2, 0) is 0 Å². The zero-order valence-corrected chi connectivity index (χ0v) is 14.9. The molecule has 0 radical (unpaired) electrons. The molecule has 0 aliphatic carbocycles. The highest BCUT2D eigenvalue weighted by molar-refractivity contribution is 7.99. The fraction of sp³-hybridized carbons (Fsp3) is 0.278. The maximum atomic E-state index is 4.61. The highest BCUT2D eigenvalue weighted by Gasteiger charge is 1.98. The van der Waals surface area contributed by atoms with Crippen LogP contribution in [0.1, 0.15) is 20.8 Å². The van der Waals surface area contributed by atoms with E-state index < -0.39 is 0 Å². The van der Waals surface area contributed by atoms with E-state index in [4.69, 9.17) is 0 Å². The lowest BCUT2D eigenvalue weighted by atomic mass is 10.3. The van der Waals surface area contributed by atoms with Crippen molar-refractivity contribution < 1.29 is 0 Å². The van der Waals surface area contributed by atoms with Crippen LogP contribution in [0.3, 0.4) is 0 Å². The smallest absolute Gasteiger partial charge is 0.103 e. The van der Waals surface area contributed by atoms with Crippen LogP contribution in [0.5, 0.6) is 0 Å². The first-order chi connectivity index (χ1) is 10.7. The van der Waals surface area contributed by atoms with Crippen molar-refractivity contribution in [1.82, 2.24) is 0 Å². The van der Waals surface area contributed by atoms with Crippen molar-refractivity contribution in [3.05, 3.63) is 48.5 Å². The van der Waals surface area contributed by atoms with Crippen molar-refractivity contribution in [2.24, 2.45) is 4.99 Å². The standard InChI is InChI=1S/C18H22N2S2/c1-4-21-17-10-6-15(7-11-17)19-14(3)20-16-8-12-18(13-9-16)22-5-2/h6-13H,4-5H2,1-3H3,(H,19,20). The van der Waals surface area contributed by atoms with E-state index in [9.17, 15) is 0 Å². The Morgan fingerprint density at radius 3 is 1.86 bits per heavy atom. The minimum atomic E-state index is 0.895. The lowest BCUT2D eigenvalue weighted by Crippen LogP contribution is -2.06. The summed E-state index contributed by atoms with van der Waals surface area (Å²) in [5.74, 6) is 3.08. The normalized spacial score (nSPS) is 11.5. The summed E-state index contributed by atoms with van der Waals surface area (Å²) in [6.45, 7) is 6.32. The molecule has 22 heavy (non-hydrogen) atoms. The maximum absolute atomic E-state index is 4.61. The van der Waals surface area contributed by atoms with E-state index in [1.165, 1.54) is 9.79 Å². The average molecular weight is 331 g/mol. The van der Waals surface area contributed by atoms with E-state index in [0.717, 1.165) is 28.7 Å². The molecule has 0 aliphatic rings. The van der Waals surface area contributed by atoms with E-state index in [0.29, 0.717) is 0 Å². The van der Waals surface area contributed by atoms with Crippen LogP contribution >= 0.6 is 23.5 Å². The van der Waals surface area contributed by atoms with Gasteiger partial charge in [-0.15, -0.1) is 23.5 Å². The Morgan fingerprint density at radius 1 is 0.864 bits per heavy atom. The second kappa shape index (κ2) is 8.91. The molecule has 1 N–H and O–H groups in total. The van der Waals surface area contributed by atoms with Crippen LogP contribution < -0.4 is 5.32 Å². The molecule has 4 heteroatoms. The number of aliphatic imine (C=N–C) groups is 1. The minimum absolute atomic E-state index is 0.895. The summed E-state index contributed by atoms with van der Waals surface area (Å²) in [6, 6.07) is 16.8. The van der Waals surface area contributed by atoms with Gasteiger partial charge in [0.15, 0.2) is 0 Å². The Kier molecular flexibility index (Phi) is 6.87. The number of anilines is 1. The Morgan fingerprint density at radius 2 is 1.36 bits per heavy atom. The summed E-state index contributed by atoms with van der Waals surface area (Å²) in [7, 11) is 0. The van der Waals surface area contributed by atoms with Gasteiger partial charge in [0.05, 0.1) is 5.69 Å². The molecular weight excluding hydrogens is 308 g/mol. The van der Waals surface area contributed by atoms with Gasteiger partial charge in [0.2, 0.25) is 0 Å². The van der Waals surface area contributed by atoms with Gasteiger partial charge in [0.1, 0.15) is 5.84 Å². The van der Waals surface area contributed by atoms with Gasteiger partial charge in [0, 0.05) is 15.5 Å². The van der Waals surface area contributed by atoms with Crippen molar-refractivity contribution >= 4 is 40.7 Å². The lowest BCUT2D eigenvalue weighted by molar-refractivity contribution is 1.38. The number of rotatable bonds is 6. The monoisotopic (exact) mass is 330 g/mol. The first-order valence-corrected chi connectivity index (χ1v) is 9.46. The van der Waals surface area contributed by atoms with Gasteiger partial charge < -0.3 is 5.32 Å². The largest absolute Gasteiger partial charge is 0.344 e. The van der Waals surface area contributed by atoms with Crippen molar-refractivity contribution in [1.29, 1.82) is 0 Å². The number of amidine groups is 1. The SMILES string of the molecule is CCSc1ccc(N=C(C)Nc2ccc(SCC)cc2)cc1. The fourth-order valence-corrected chi connectivity index (χ4v) is 3.34. The molecule has 0 saturated carbocycles. The first-order valence-electron chi connectivity index (χ1n) is 7.49. The topological polar surface area (TPSA) is 24.4 Å². The Hall–Kier alpha value is -1.39. The van der Waals surface area contributed by atoms with Gasteiger partial charge in [-0.1, -0.05) is 13.8 Å². The molecule has 0 amide bonds. The van der Waals surface area contributed by atoms with Gasteiger partial charge in [0.25, 0.3) is 0 Å². The summed E-state index contributed by atoms with van der Waals surface area (Å²) < 4.78 is 0. The Bertz CT molecular complexity index is 604. The predicted octanol–water partition coefficient (Wildman–Crippen LogP) is 6.07. The quantitative estimate of drug-likeness (QED) is 0.395. The fourth-order valence-electron chi connectivity index (χ4n) is 2.02. The summed E-state index contributed by atoms with van der Waals surface area (Å²) in [4.78, 5) is 7.19. The van der Waals surface area contributed by atoms with Crippen LogP contribution in [0.15, 0.2) is 63.3 Å². The van der Waals surface area contributed by atoms with E-state index >= 15 is 0 Å². The molecule has 0 saturated heterocycles. The molecule has 2 rings (SSSR count). The molecule has 116 valence electrons. The zero-order valence-electron chi connectivity index (χ0n) is 13.3. The first kappa shape index (κ1) is 17.0. The molecular formula is C18H22N2S2. The molecule has 0 aromatic heterocycles. The van der Waals surface area contributed by atoms with Crippen molar-refractivity contribution in [2.75, 3.05) is 16.8 Å². The highest BCUT2D eigenvalue weighted by atomic mass is 32.2. The molecule has 0 atom stereocenters. The molecule has 0 fully saturated rings. The molecule has 0 aliphatic heterocycles. The van der Waals surface area contributed by atoms with Gasteiger partial charge in [-0.2, -0.15) is 0 Å². The van der Waals surface area contributed by atoms with Gasteiger partial charge in [-0.3, -0.25) is 0 Å². The van der Waals surface area contributed by atoms with E-state index in [2.05, 4.69) is 72.7 Å². The van der Waals surface area contributed by atoms with Crippen LogP contribution in [0.4, 0.5) is 11.4 Å². The Balaban J connectivity index is 1.99. The molecule has 2 nitrogen and oxygen atoms in total. The summed E-state index contributed by atoms with van der Waals surface area (Å²) in [6.07, 6.45) is 0. The molecule has 2 aromatic rings. The average Bonchev–Trinajstić information content (AvgIpc) is 2.52. The minimum Gasteiger partial charge on any atom is -0.344 e. The number of hydrogen-bond acceptors (Lipinski definition) is 3.